The molecule has 1 aromatic heterocycles. The summed E-state index contributed by atoms with van der Waals surface area (Å²) in [6.45, 7) is 8.15. The van der Waals surface area contributed by atoms with Crippen LogP contribution >= 0.6 is 0 Å². The van der Waals surface area contributed by atoms with Crippen molar-refractivity contribution in [2.75, 3.05) is 4.90 Å². The molecule has 2 aromatic carbocycles. The molecule has 2 heterocycles. The average Bonchev–Trinajstić information content (AvgIpc) is 2.84. The van der Waals surface area contributed by atoms with Gasteiger partial charge in [-0.1, -0.05) is 29.8 Å². The Balaban J connectivity index is 2.00. The Bertz CT molecular complexity index is 1060. The number of aromatic nitrogens is 1. The molecule has 0 radical (unpaired) electrons. The number of fused-ring (bicyclic) bond motifs is 2. The Labute approximate surface area is 153 Å². The number of aryl methyl sites for hydroxylation is 1. The summed E-state index contributed by atoms with van der Waals surface area (Å²) in [5.74, 6) is 0.639. The molecule has 0 spiro atoms. The van der Waals surface area contributed by atoms with Crippen molar-refractivity contribution < 1.29 is 4.79 Å². The van der Waals surface area contributed by atoms with E-state index >= 15 is 0 Å². The van der Waals surface area contributed by atoms with E-state index in [1.165, 1.54) is 0 Å². The number of benzene rings is 2. The third-order valence-corrected chi connectivity index (χ3v) is 4.35. The van der Waals surface area contributed by atoms with Crippen molar-refractivity contribution in [1.82, 2.24) is 4.98 Å². The van der Waals surface area contributed by atoms with Crippen LogP contribution in [0.15, 0.2) is 59.7 Å². The van der Waals surface area contributed by atoms with Gasteiger partial charge in [0.25, 0.3) is 5.91 Å². The first kappa shape index (κ1) is 16.5. The van der Waals surface area contributed by atoms with E-state index < -0.39 is 0 Å². The summed E-state index contributed by atoms with van der Waals surface area (Å²) < 4.78 is 0. The number of pyridine rings is 1. The highest BCUT2D eigenvalue weighted by Gasteiger charge is 2.36. The number of para-hydroxylation sites is 1. The van der Waals surface area contributed by atoms with E-state index in [9.17, 15) is 4.79 Å². The molecule has 0 saturated carbocycles. The largest absolute Gasteiger partial charge is 0.268 e. The van der Waals surface area contributed by atoms with Crippen molar-refractivity contribution in [3.8, 4) is 0 Å². The summed E-state index contributed by atoms with van der Waals surface area (Å²) in [4.78, 5) is 24.4. The minimum Gasteiger partial charge on any atom is -0.268 e. The normalized spacial score (nSPS) is 15.8. The van der Waals surface area contributed by atoms with Gasteiger partial charge < -0.3 is 0 Å². The maximum atomic E-state index is 13.3. The molecule has 0 aliphatic carbocycles. The van der Waals surface area contributed by atoms with E-state index in [0.717, 1.165) is 27.7 Å². The van der Waals surface area contributed by atoms with Crippen LogP contribution < -0.4 is 4.90 Å². The lowest BCUT2D eigenvalue weighted by Gasteiger charge is -2.22. The Kier molecular flexibility index (Phi) is 3.65. The fourth-order valence-electron chi connectivity index (χ4n) is 3.29. The second-order valence-corrected chi connectivity index (χ2v) is 7.65. The second-order valence-electron chi connectivity index (χ2n) is 7.65. The van der Waals surface area contributed by atoms with Crippen LogP contribution in [0.1, 0.15) is 42.3 Å². The summed E-state index contributed by atoms with van der Waals surface area (Å²) in [6, 6.07) is 15.7. The number of rotatable bonds is 1. The maximum Gasteiger partial charge on any atom is 0.264 e. The molecule has 0 unspecified atom stereocenters. The monoisotopic (exact) mass is 343 g/mol. The van der Waals surface area contributed by atoms with Crippen molar-refractivity contribution in [2.24, 2.45) is 4.99 Å². The third kappa shape index (κ3) is 2.68. The predicted octanol–water partition coefficient (Wildman–Crippen LogP) is 4.75. The molecular formula is C22H21N3O. The first-order valence-electron chi connectivity index (χ1n) is 8.74. The fraction of sp³-hybridized carbons (Fsp3) is 0.227. The van der Waals surface area contributed by atoms with Crippen molar-refractivity contribution in [1.29, 1.82) is 0 Å². The van der Waals surface area contributed by atoms with E-state index in [0.29, 0.717) is 11.4 Å². The number of anilines is 1. The molecule has 1 aliphatic heterocycles. The molecule has 4 nitrogen and oxygen atoms in total. The van der Waals surface area contributed by atoms with Gasteiger partial charge in [0, 0.05) is 17.1 Å². The first-order valence-corrected chi connectivity index (χ1v) is 8.74. The number of amidine groups is 1. The smallest absolute Gasteiger partial charge is 0.264 e. The van der Waals surface area contributed by atoms with E-state index in [1.54, 1.807) is 11.1 Å². The van der Waals surface area contributed by atoms with Gasteiger partial charge in [-0.15, -0.1) is 0 Å². The molecule has 4 rings (SSSR count). The number of amides is 1. The number of carbonyl (C=O) groups excluding carboxylic acids is 1. The van der Waals surface area contributed by atoms with Gasteiger partial charge in [0.2, 0.25) is 0 Å². The molecule has 4 heteroatoms. The number of nitrogens with zero attached hydrogens (tertiary/aromatic N) is 3. The van der Waals surface area contributed by atoms with Crippen molar-refractivity contribution in [2.45, 2.75) is 33.2 Å². The Morgan fingerprint density at radius 1 is 1.00 bits per heavy atom. The van der Waals surface area contributed by atoms with E-state index in [4.69, 9.17) is 4.99 Å². The number of carbonyl (C=O) groups is 1. The number of hydrogen-bond acceptors (Lipinski definition) is 3. The van der Waals surface area contributed by atoms with Crippen LogP contribution in [-0.4, -0.2) is 22.3 Å². The summed E-state index contributed by atoms with van der Waals surface area (Å²) >= 11 is 0. The summed E-state index contributed by atoms with van der Waals surface area (Å²) in [6.07, 6.45) is 1.75. The molecule has 1 amide bonds. The van der Waals surface area contributed by atoms with Gasteiger partial charge in [0.1, 0.15) is 5.84 Å². The zero-order valence-corrected chi connectivity index (χ0v) is 15.4. The summed E-state index contributed by atoms with van der Waals surface area (Å²) in [5, 5.41) is 1.00. The summed E-state index contributed by atoms with van der Waals surface area (Å²) in [5.41, 5.74) is 3.94. The highest BCUT2D eigenvalue weighted by Crippen LogP contribution is 2.34. The summed E-state index contributed by atoms with van der Waals surface area (Å²) in [7, 11) is 0. The molecule has 0 atom stereocenters. The minimum atomic E-state index is -0.308. The van der Waals surface area contributed by atoms with Crippen LogP contribution in [0.25, 0.3) is 10.9 Å². The molecule has 26 heavy (non-hydrogen) atoms. The van der Waals surface area contributed by atoms with Crippen molar-refractivity contribution in [3.63, 3.8) is 0 Å². The van der Waals surface area contributed by atoms with Crippen molar-refractivity contribution >= 4 is 28.3 Å². The zero-order chi connectivity index (χ0) is 18.5. The SMILES string of the molecule is Cc1ccc2c(c1)C(=NC(C)(C)C)N(c1cccc3cccnc13)C2=O. The predicted molar refractivity (Wildman–Crippen MR) is 106 cm³/mol. The highest BCUT2D eigenvalue weighted by molar-refractivity contribution is 6.37. The van der Waals surface area contributed by atoms with Gasteiger partial charge in [-0.2, -0.15) is 0 Å². The standard InChI is InChI=1S/C22H21N3O/c1-14-10-11-16-17(13-14)20(24-22(2,3)4)25(21(16)26)18-9-5-7-15-8-6-12-23-19(15)18/h5-13H,1-4H3. The number of hydrogen-bond donors (Lipinski definition) is 0. The topological polar surface area (TPSA) is 45.6 Å². The molecule has 0 saturated heterocycles. The fourth-order valence-corrected chi connectivity index (χ4v) is 3.29. The Hall–Kier alpha value is -3.01. The quantitative estimate of drug-likeness (QED) is 0.640. The van der Waals surface area contributed by atoms with Gasteiger partial charge in [0.05, 0.1) is 22.3 Å². The third-order valence-electron chi connectivity index (χ3n) is 4.35. The van der Waals surface area contributed by atoms with Crippen LogP contribution in [-0.2, 0) is 0 Å². The maximum absolute atomic E-state index is 13.3. The molecule has 1 aliphatic rings. The lowest BCUT2D eigenvalue weighted by Crippen LogP contribution is -2.32. The number of aliphatic imine (C=N–C) groups is 1. The zero-order valence-electron chi connectivity index (χ0n) is 15.4. The van der Waals surface area contributed by atoms with Crippen LogP contribution in [0.5, 0.6) is 0 Å². The molecule has 130 valence electrons. The molecular weight excluding hydrogens is 322 g/mol. The molecule has 0 N–H and O–H groups in total. The van der Waals surface area contributed by atoms with Gasteiger partial charge >= 0.3 is 0 Å². The van der Waals surface area contributed by atoms with E-state index in [2.05, 4.69) is 4.98 Å². The molecule has 0 fully saturated rings. The van der Waals surface area contributed by atoms with Crippen LogP contribution in [0.2, 0.25) is 0 Å². The van der Waals surface area contributed by atoms with Gasteiger partial charge in [-0.3, -0.25) is 19.7 Å². The van der Waals surface area contributed by atoms with Crippen molar-refractivity contribution in [3.05, 3.63) is 71.4 Å². The lowest BCUT2D eigenvalue weighted by molar-refractivity contribution is 0.101. The van der Waals surface area contributed by atoms with Crippen LogP contribution in [0, 0.1) is 6.92 Å². The molecule has 0 bridgehead atoms. The first-order chi connectivity index (χ1) is 12.3. The Morgan fingerprint density at radius 3 is 2.54 bits per heavy atom. The lowest BCUT2D eigenvalue weighted by atomic mass is 10.1. The minimum absolute atomic E-state index is 0.0545. The van der Waals surface area contributed by atoms with Gasteiger partial charge in [-0.05, 0) is 52.0 Å². The van der Waals surface area contributed by atoms with Gasteiger partial charge in [0.15, 0.2) is 0 Å². The van der Waals surface area contributed by atoms with Crippen LogP contribution in [0.3, 0.4) is 0 Å². The van der Waals surface area contributed by atoms with E-state index in [1.807, 2.05) is 76.2 Å². The second kappa shape index (κ2) is 5.77. The van der Waals surface area contributed by atoms with Gasteiger partial charge in [-0.25, -0.2) is 0 Å². The highest BCUT2D eigenvalue weighted by atomic mass is 16.2. The Morgan fingerprint density at radius 2 is 1.77 bits per heavy atom. The van der Waals surface area contributed by atoms with Crippen LogP contribution in [0.4, 0.5) is 5.69 Å². The van der Waals surface area contributed by atoms with E-state index in [-0.39, 0.29) is 11.4 Å². The average molecular weight is 343 g/mol. The molecule has 3 aromatic rings.